The van der Waals surface area contributed by atoms with Crippen LogP contribution in [0.4, 0.5) is 0 Å². The standard InChI is InChI=1S/C12H24N2O/c1-3-12(11-13-5-1)4-2-6-14-7-9-15-10-8-14/h12-13H,1-11H2/t12-/m0/s1. The topological polar surface area (TPSA) is 24.5 Å². The fourth-order valence-corrected chi connectivity index (χ4v) is 2.60. The van der Waals surface area contributed by atoms with Gasteiger partial charge in [-0.15, -0.1) is 0 Å². The molecular formula is C12H24N2O. The minimum atomic E-state index is 0.936. The van der Waals surface area contributed by atoms with Crippen LogP contribution >= 0.6 is 0 Å². The second-order valence-electron chi connectivity index (χ2n) is 4.81. The van der Waals surface area contributed by atoms with E-state index in [1.807, 2.05) is 0 Å². The summed E-state index contributed by atoms with van der Waals surface area (Å²) in [5.74, 6) is 0.944. The van der Waals surface area contributed by atoms with Gasteiger partial charge in [-0.05, 0) is 51.2 Å². The quantitative estimate of drug-likeness (QED) is 0.755. The first-order chi connectivity index (χ1) is 7.45. The second kappa shape index (κ2) is 6.46. The van der Waals surface area contributed by atoms with E-state index in [1.54, 1.807) is 0 Å². The van der Waals surface area contributed by atoms with Gasteiger partial charge in [0.25, 0.3) is 0 Å². The van der Waals surface area contributed by atoms with Crippen molar-refractivity contribution in [1.82, 2.24) is 10.2 Å². The third kappa shape index (κ3) is 4.09. The Hall–Kier alpha value is -0.120. The molecule has 88 valence electrons. The highest BCUT2D eigenvalue weighted by Crippen LogP contribution is 2.16. The highest BCUT2D eigenvalue weighted by Gasteiger charge is 2.14. The molecule has 0 spiro atoms. The number of ether oxygens (including phenoxy) is 1. The number of morpholine rings is 1. The van der Waals surface area contributed by atoms with Gasteiger partial charge in [0.05, 0.1) is 13.2 Å². The van der Waals surface area contributed by atoms with Gasteiger partial charge in [-0.25, -0.2) is 0 Å². The zero-order chi connectivity index (χ0) is 10.3. The smallest absolute Gasteiger partial charge is 0.0594 e. The van der Waals surface area contributed by atoms with E-state index in [-0.39, 0.29) is 0 Å². The zero-order valence-corrected chi connectivity index (χ0v) is 9.71. The monoisotopic (exact) mass is 212 g/mol. The van der Waals surface area contributed by atoms with Crippen molar-refractivity contribution in [2.75, 3.05) is 45.9 Å². The maximum Gasteiger partial charge on any atom is 0.0594 e. The summed E-state index contributed by atoms with van der Waals surface area (Å²) < 4.78 is 5.34. The molecular weight excluding hydrogens is 188 g/mol. The third-order valence-electron chi connectivity index (χ3n) is 3.59. The summed E-state index contributed by atoms with van der Waals surface area (Å²) in [6, 6.07) is 0. The van der Waals surface area contributed by atoms with E-state index >= 15 is 0 Å². The van der Waals surface area contributed by atoms with Crippen molar-refractivity contribution in [3.05, 3.63) is 0 Å². The van der Waals surface area contributed by atoms with Crippen LogP contribution in [-0.2, 0) is 4.74 Å². The van der Waals surface area contributed by atoms with Crippen LogP contribution in [0.1, 0.15) is 25.7 Å². The van der Waals surface area contributed by atoms with Crippen molar-refractivity contribution in [1.29, 1.82) is 0 Å². The molecule has 0 unspecified atom stereocenters. The Labute approximate surface area is 93.2 Å². The van der Waals surface area contributed by atoms with Gasteiger partial charge in [-0.1, -0.05) is 0 Å². The minimum Gasteiger partial charge on any atom is -0.379 e. The first-order valence-electron chi connectivity index (χ1n) is 6.46. The van der Waals surface area contributed by atoms with Crippen LogP contribution in [0.25, 0.3) is 0 Å². The van der Waals surface area contributed by atoms with Crippen molar-refractivity contribution in [2.45, 2.75) is 25.7 Å². The lowest BCUT2D eigenvalue weighted by atomic mass is 9.94. The Morgan fingerprint density at radius 2 is 2.13 bits per heavy atom. The third-order valence-corrected chi connectivity index (χ3v) is 3.59. The van der Waals surface area contributed by atoms with Gasteiger partial charge >= 0.3 is 0 Å². The number of hydrogen-bond acceptors (Lipinski definition) is 3. The lowest BCUT2D eigenvalue weighted by molar-refractivity contribution is 0.0365. The largest absolute Gasteiger partial charge is 0.379 e. The molecule has 3 heteroatoms. The van der Waals surface area contributed by atoms with Gasteiger partial charge in [-0.2, -0.15) is 0 Å². The van der Waals surface area contributed by atoms with E-state index in [1.165, 1.54) is 45.3 Å². The Morgan fingerprint density at radius 3 is 2.87 bits per heavy atom. The van der Waals surface area contributed by atoms with E-state index in [0.717, 1.165) is 32.2 Å². The molecule has 0 bridgehead atoms. The molecule has 2 saturated heterocycles. The molecule has 1 N–H and O–H groups in total. The van der Waals surface area contributed by atoms with Crippen molar-refractivity contribution in [3.63, 3.8) is 0 Å². The van der Waals surface area contributed by atoms with Crippen molar-refractivity contribution in [3.8, 4) is 0 Å². The zero-order valence-electron chi connectivity index (χ0n) is 9.71. The molecule has 2 heterocycles. The molecule has 0 aliphatic carbocycles. The Balaban J connectivity index is 1.53. The van der Waals surface area contributed by atoms with Gasteiger partial charge in [0.1, 0.15) is 0 Å². The molecule has 0 aromatic heterocycles. The van der Waals surface area contributed by atoms with Gasteiger partial charge in [-0.3, -0.25) is 4.90 Å². The first-order valence-corrected chi connectivity index (χ1v) is 6.46. The highest BCUT2D eigenvalue weighted by molar-refractivity contribution is 4.70. The fraction of sp³-hybridized carbons (Fsp3) is 1.00. The summed E-state index contributed by atoms with van der Waals surface area (Å²) >= 11 is 0. The molecule has 3 nitrogen and oxygen atoms in total. The SMILES string of the molecule is C1CNC[C@H](CCCN2CCOCC2)C1. The molecule has 0 radical (unpaired) electrons. The van der Waals surface area contributed by atoms with E-state index < -0.39 is 0 Å². The average Bonchev–Trinajstić information content (AvgIpc) is 2.32. The first kappa shape index (κ1) is 11.4. The molecule has 0 saturated carbocycles. The lowest BCUT2D eigenvalue weighted by Crippen LogP contribution is -2.37. The molecule has 2 fully saturated rings. The number of rotatable bonds is 4. The lowest BCUT2D eigenvalue weighted by Gasteiger charge is -2.28. The number of piperidine rings is 1. The molecule has 1 atom stereocenters. The Kier molecular flexibility index (Phi) is 4.90. The normalized spacial score (nSPS) is 29.2. The van der Waals surface area contributed by atoms with Crippen LogP contribution < -0.4 is 5.32 Å². The second-order valence-corrected chi connectivity index (χ2v) is 4.81. The van der Waals surface area contributed by atoms with E-state index in [0.29, 0.717) is 0 Å². The molecule has 2 aliphatic rings. The van der Waals surface area contributed by atoms with Gasteiger partial charge in [0.2, 0.25) is 0 Å². The molecule has 0 aromatic rings. The van der Waals surface area contributed by atoms with Crippen LogP contribution in [0.2, 0.25) is 0 Å². The minimum absolute atomic E-state index is 0.936. The number of hydrogen-bond donors (Lipinski definition) is 1. The average molecular weight is 212 g/mol. The predicted molar refractivity (Wildman–Crippen MR) is 62.1 cm³/mol. The Bertz CT molecular complexity index is 145. The summed E-state index contributed by atoms with van der Waals surface area (Å²) in [5, 5.41) is 3.49. The van der Waals surface area contributed by atoms with Crippen LogP contribution in [0.5, 0.6) is 0 Å². The van der Waals surface area contributed by atoms with E-state index in [4.69, 9.17) is 4.74 Å². The van der Waals surface area contributed by atoms with Crippen LogP contribution in [0.3, 0.4) is 0 Å². The van der Waals surface area contributed by atoms with E-state index in [9.17, 15) is 0 Å². The summed E-state index contributed by atoms with van der Waals surface area (Å²) in [7, 11) is 0. The predicted octanol–water partition coefficient (Wildman–Crippen LogP) is 1.10. The molecule has 0 amide bonds. The maximum atomic E-state index is 5.34. The summed E-state index contributed by atoms with van der Waals surface area (Å²) in [4.78, 5) is 2.54. The fourth-order valence-electron chi connectivity index (χ4n) is 2.60. The molecule has 2 rings (SSSR count). The van der Waals surface area contributed by atoms with Gasteiger partial charge in [0, 0.05) is 13.1 Å². The molecule has 0 aromatic carbocycles. The van der Waals surface area contributed by atoms with E-state index in [2.05, 4.69) is 10.2 Å². The number of nitrogens with one attached hydrogen (secondary N) is 1. The Morgan fingerprint density at radius 1 is 1.27 bits per heavy atom. The molecule has 15 heavy (non-hydrogen) atoms. The van der Waals surface area contributed by atoms with Crippen LogP contribution in [0, 0.1) is 5.92 Å². The van der Waals surface area contributed by atoms with Gasteiger partial charge < -0.3 is 10.1 Å². The summed E-state index contributed by atoms with van der Waals surface area (Å²) in [6.07, 6.45) is 5.59. The van der Waals surface area contributed by atoms with Crippen molar-refractivity contribution in [2.24, 2.45) is 5.92 Å². The highest BCUT2D eigenvalue weighted by atomic mass is 16.5. The van der Waals surface area contributed by atoms with Crippen molar-refractivity contribution >= 4 is 0 Å². The summed E-state index contributed by atoms with van der Waals surface area (Å²) in [5.41, 5.74) is 0. The van der Waals surface area contributed by atoms with Crippen LogP contribution in [0.15, 0.2) is 0 Å². The number of nitrogens with zero attached hydrogens (tertiary/aromatic N) is 1. The summed E-state index contributed by atoms with van der Waals surface area (Å²) in [6.45, 7) is 7.92. The van der Waals surface area contributed by atoms with Crippen molar-refractivity contribution < 1.29 is 4.74 Å². The maximum absolute atomic E-state index is 5.34. The molecule has 2 aliphatic heterocycles. The van der Waals surface area contributed by atoms with Gasteiger partial charge in [0.15, 0.2) is 0 Å². The van der Waals surface area contributed by atoms with Crippen LogP contribution in [-0.4, -0.2) is 50.8 Å².